The third kappa shape index (κ3) is 4.41. The molecule has 0 aliphatic rings. The Bertz CT molecular complexity index is 211. The van der Waals surface area contributed by atoms with Gasteiger partial charge in [-0.15, -0.1) is 0 Å². The van der Waals surface area contributed by atoms with Gasteiger partial charge in [0, 0.05) is 12.6 Å². The maximum absolute atomic E-state index is 8.68. The van der Waals surface area contributed by atoms with Gasteiger partial charge in [0.25, 0.3) is 0 Å². The lowest BCUT2D eigenvalue weighted by molar-refractivity contribution is 0.269. The second-order valence-corrected chi connectivity index (χ2v) is 4.03. The van der Waals surface area contributed by atoms with Gasteiger partial charge in [0.15, 0.2) is 0 Å². The van der Waals surface area contributed by atoms with Gasteiger partial charge < -0.3 is 10.4 Å². The highest BCUT2D eigenvalue weighted by Gasteiger charge is 1.99. The summed E-state index contributed by atoms with van der Waals surface area (Å²) in [5.41, 5.74) is 1.40. The largest absolute Gasteiger partial charge is 0.396 e. The molecule has 2 nitrogen and oxygen atoms in total. The van der Waals surface area contributed by atoms with Crippen LogP contribution in [-0.2, 0) is 6.42 Å². The van der Waals surface area contributed by atoms with Crippen molar-refractivity contribution in [3.8, 4) is 0 Å². The van der Waals surface area contributed by atoms with Gasteiger partial charge in [0.2, 0.25) is 0 Å². The van der Waals surface area contributed by atoms with Crippen LogP contribution in [0.3, 0.4) is 0 Å². The standard InChI is InChI=1S/C10H17NOS/c1-9(3-6-12)11-5-2-10-4-7-13-8-10/h4,7-9,11-12H,2-3,5-6H2,1H3. The van der Waals surface area contributed by atoms with E-state index in [2.05, 4.69) is 29.1 Å². The van der Waals surface area contributed by atoms with Crippen LogP contribution in [0, 0.1) is 0 Å². The SMILES string of the molecule is CC(CCO)NCCc1ccsc1. The van der Waals surface area contributed by atoms with Crippen LogP contribution in [0.4, 0.5) is 0 Å². The Morgan fingerprint density at radius 2 is 2.46 bits per heavy atom. The zero-order valence-corrected chi connectivity index (χ0v) is 8.81. The lowest BCUT2D eigenvalue weighted by Crippen LogP contribution is -2.28. The molecule has 0 radical (unpaired) electrons. The average Bonchev–Trinajstić information content (AvgIpc) is 2.57. The van der Waals surface area contributed by atoms with Gasteiger partial charge in [-0.3, -0.25) is 0 Å². The summed E-state index contributed by atoms with van der Waals surface area (Å²) in [5.74, 6) is 0. The number of rotatable bonds is 6. The van der Waals surface area contributed by atoms with Gasteiger partial charge >= 0.3 is 0 Å². The van der Waals surface area contributed by atoms with E-state index >= 15 is 0 Å². The topological polar surface area (TPSA) is 32.3 Å². The highest BCUT2D eigenvalue weighted by molar-refractivity contribution is 7.07. The van der Waals surface area contributed by atoms with Gasteiger partial charge in [-0.2, -0.15) is 11.3 Å². The Hall–Kier alpha value is -0.380. The van der Waals surface area contributed by atoms with E-state index in [1.807, 2.05) is 0 Å². The van der Waals surface area contributed by atoms with Crippen LogP contribution in [0.25, 0.3) is 0 Å². The Morgan fingerprint density at radius 3 is 3.08 bits per heavy atom. The summed E-state index contributed by atoms with van der Waals surface area (Å²) in [6.45, 7) is 3.37. The van der Waals surface area contributed by atoms with Crippen LogP contribution in [0.5, 0.6) is 0 Å². The summed E-state index contributed by atoms with van der Waals surface area (Å²) in [6.07, 6.45) is 1.92. The molecule has 0 bridgehead atoms. The van der Waals surface area contributed by atoms with E-state index in [-0.39, 0.29) is 6.61 Å². The van der Waals surface area contributed by atoms with Crippen LogP contribution in [0.2, 0.25) is 0 Å². The fourth-order valence-electron chi connectivity index (χ4n) is 1.19. The third-order valence-electron chi connectivity index (χ3n) is 2.05. The number of nitrogens with one attached hydrogen (secondary N) is 1. The lowest BCUT2D eigenvalue weighted by atomic mass is 10.2. The van der Waals surface area contributed by atoms with E-state index in [4.69, 9.17) is 5.11 Å². The quantitative estimate of drug-likeness (QED) is 0.730. The Morgan fingerprint density at radius 1 is 1.62 bits per heavy atom. The Balaban J connectivity index is 2.07. The van der Waals surface area contributed by atoms with Crippen molar-refractivity contribution in [2.75, 3.05) is 13.2 Å². The normalized spacial score (nSPS) is 13.1. The smallest absolute Gasteiger partial charge is 0.0445 e. The van der Waals surface area contributed by atoms with E-state index in [0.717, 1.165) is 19.4 Å². The van der Waals surface area contributed by atoms with Crippen molar-refractivity contribution in [2.24, 2.45) is 0 Å². The minimum atomic E-state index is 0.270. The van der Waals surface area contributed by atoms with Crippen molar-refractivity contribution in [1.29, 1.82) is 0 Å². The van der Waals surface area contributed by atoms with Crippen molar-refractivity contribution < 1.29 is 5.11 Å². The van der Waals surface area contributed by atoms with Gasteiger partial charge in [-0.1, -0.05) is 0 Å². The van der Waals surface area contributed by atoms with E-state index in [1.54, 1.807) is 11.3 Å². The minimum absolute atomic E-state index is 0.270. The van der Waals surface area contributed by atoms with Crippen LogP contribution in [0.15, 0.2) is 16.8 Å². The second kappa shape index (κ2) is 6.13. The summed E-state index contributed by atoms with van der Waals surface area (Å²) < 4.78 is 0. The first kappa shape index (κ1) is 10.7. The van der Waals surface area contributed by atoms with E-state index < -0.39 is 0 Å². The van der Waals surface area contributed by atoms with Crippen LogP contribution >= 0.6 is 11.3 Å². The van der Waals surface area contributed by atoms with Crippen molar-refractivity contribution >= 4 is 11.3 Å². The molecular formula is C10H17NOS. The predicted molar refractivity (Wildman–Crippen MR) is 57.2 cm³/mol. The molecule has 0 amide bonds. The molecule has 0 fully saturated rings. The molecule has 0 saturated carbocycles. The average molecular weight is 199 g/mol. The first-order valence-electron chi connectivity index (χ1n) is 4.68. The van der Waals surface area contributed by atoms with Gasteiger partial charge in [-0.05, 0) is 48.7 Å². The molecule has 74 valence electrons. The van der Waals surface area contributed by atoms with Crippen LogP contribution in [-0.4, -0.2) is 24.3 Å². The first-order valence-corrected chi connectivity index (χ1v) is 5.62. The van der Waals surface area contributed by atoms with Crippen molar-refractivity contribution in [2.45, 2.75) is 25.8 Å². The fraction of sp³-hybridized carbons (Fsp3) is 0.600. The minimum Gasteiger partial charge on any atom is -0.396 e. The number of hydrogen-bond donors (Lipinski definition) is 2. The summed E-state index contributed by atoms with van der Waals surface area (Å²) in [5, 5.41) is 16.3. The number of aliphatic hydroxyl groups is 1. The molecule has 2 N–H and O–H groups in total. The molecule has 1 heterocycles. The molecule has 1 aromatic rings. The van der Waals surface area contributed by atoms with Crippen LogP contribution < -0.4 is 5.32 Å². The van der Waals surface area contributed by atoms with E-state index in [1.165, 1.54) is 5.56 Å². The van der Waals surface area contributed by atoms with Gasteiger partial charge in [0.1, 0.15) is 0 Å². The molecule has 1 unspecified atom stereocenters. The molecule has 13 heavy (non-hydrogen) atoms. The zero-order chi connectivity index (χ0) is 9.52. The molecule has 0 aliphatic carbocycles. The number of hydrogen-bond acceptors (Lipinski definition) is 3. The molecule has 0 spiro atoms. The summed E-state index contributed by atoms with van der Waals surface area (Å²) in [7, 11) is 0. The molecule has 1 aromatic heterocycles. The molecule has 0 saturated heterocycles. The summed E-state index contributed by atoms with van der Waals surface area (Å²) in [6, 6.07) is 2.58. The maximum atomic E-state index is 8.68. The van der Waals surface area contributed by atoms with Gasteiger partial charge in [0.05, 0.1) is 0 Å². The van der Waals surface area contributed by atoms with Crippen molar-refractivity contribution in [3.05, 3.63) is 22.4 Å². The second-order valence-electron chi connectivity index (χ2n) is 3.25. The van der Waals surface area contributed by atoms with Crippen molar-refractivity contribution in [3.63, 3.8) is 0 Å². The lowest BCUT2D eigenvalue weighted by Gasteiger charge is -2.11. The third-order valence-corrected chi connectivity index (χ3v) is 2.78. The number of aliphatic hydroxyl groups excluding tert-OH is 1. The molecule has 0 aliphatic heterocycles. The fourth-order valence-corrected chi connectivity index (χ4v) is 1.90. The highest BCUT2D eigenvalue weighted by atomic mass is 32.1. The molecule has 0 aromatic carbocycles. The monoisotopic (exact) mass is 199 g/mol. The maximum Gasteiger partial charge on any atom is 0.0445 e. The van der Waals surface area contributed by atoms with Crippen LogP contribution in [0.1, 0.15) is 18.9 Å². The molecular weight excluding hydrogens is 182 g/mol. The molecule has 3 heteroatoms. The first-order chi connectivity index (χ1) is 6.33. The number of thiophene rings is 1. The van der Waals surface area contributed by atoms with Gasteiger partial charge in [-0.25, -0.2) is 0 Å². The zero-order valence-electron chi connectivity index (χ0n) is 7.99. The molecule has 1 rings (SSSR count). The Labute approximate surface area is 83.6 Å². The van der Waals surface area contributed by atoms with E-state index in [0.29, 0.717) is 6.04 Å². The van der Waals surface area contributed by atoms with E-state index in [9.17, 15) is 0 Å². The highest BCUT2D eigenvalue weighted by Crippen LogP contribution is 2.05. The summed E-state index contributed by atoms with van der Waals surface area (Å²) >= 11 is 1.74. The predicted octanol–water partition coefficient (Wildman–Crippen LogP) is 1.65. The molecule has 1 atom stereocenters. The van der Waals surface area contributed by atoms with Crippen molar-refractivity contribution in [1.82, 2.24) is 5.32 Å². The summed E-state index contributed by atoms with van der Waals surface area (Å²) in [4.78, 5) is 0. The Kier molecular flexibility index (Phi) is 5.05.